The fourth-order valence-electron chi connectivity index (χ4n) is 1.55. The van der Waals surface area contributed by atoms with Crippen LogP contribution in [0.2, 0.25) is 0 Å². The summed E-state index contributed by atoms with van der Waals surface area (Å²) in [6.45, 7) is 3.73. The van der Waals surface area contributed by atoms with Gasteiger partial charge in [-0.2, -0.15) is 13.2 Å². The van der Waals surface area contributed by atoms with Crippen molar-refractivity contribution >= 4 is 11.0 Å². The molecule has 0 saturated carbocycles. The van der Waals surface area contributed by atoms with Crippen LogP contribution in [0.4, 0.5) is 13.2 Å². The predicted molar refractivity (Wildman–Crippen MR) is 58.6 cm³/mol. The standard InChI is InChI=1S/C12H11F3N2/c1-7(2)10-6-16-9-5-3-4-8(11(9)17-10)12(13,14)15/h3-7H,1-2H3. The van der Waals surface area contributed by atoms with Gasteiger partial charge in [0.1, 0.15) is 5.52 Å². The molecule has 0 amide bonds. The molecule has 0 aliphatic rings. The number of aromatic nitrogens is 2. The van der Waals surface area contributed by atoms with E-state index in [-0.39, 0.29) is 17.0 Å². The lowest BCUT2D eigenvalue weighted by Crippen LogP contribution is -2.08. The molecule has 0 unspecified atom stereocenters. The van der Waals surface area contributed by atoms with Crippen LogP contribution in [0, 0.1) is 0 Å². The number of nitrogens with zero attached hydrogens (tertiary/aromatic N) is 2. The van der Waals surface area contributed by atoms with E-state index in [1.807, 2.05) is 13.8 Å². The third kappa shape index (κ3) is 2.23. The third-order valence-corrected chi connectivity index (χ3v) is 2.49. The molecule has 90 valence electrons. The van der Waals surface area contributed by atoms with Crippen molar-refractivity contribution in [3.63, 3.8) is 0 Å². The van der Waals surface area contributed by atoms with E-state index in [0.717, 1.165) is 6.07 Å². The average Bonchev–Trinajstić information content (AvgIpc) is 2.26. The van der Waals surface area contributed by atoms with E-state index in [2.05, 4.69) is 9.97 Å². The number of alkyl halides is 3. The van der Waals surface area contributed by atoms with Crippen LogP contribution in [-0.4, -0.2) is 9.97 Å². The van der Waals surface area contributed by atoms with Crippen molar-refractivity contribution in [3.05, 3.63) is 35.7 Å². The number of para-hydroxylation sites is 1. The molecule has 0 atom stereocenters. The van der Waals surface area contributed by atoms with Crippen molar-refractivity contribution in [3.8, 4) is 0 Å². The first kappa shape index (κ1) is 11.8. The molecule has 0 spiro atoms. The zero-order chi connectivity index (χ0) is 12.6. The predicted octanol–water partition coefficient (Wildman–Crippen LogP) is 3.77. The van der Waals surface area contributed by atoms with Crippen LogP contribution >= 0.6 is 0 Å². The van der Waals surface area contributed by atoms with Crippen LogP contribution in [0.3, 0.4) is 0 Å². The van der Waals surface area contributed by atoms with Gasteiger partial charge < -0.3 is 0 Å². The summed E-state index contributed by atoms with van der Waals surface area (Å²) < 4.78 is 38.3. The second kappa shape index (κ2) is 3.98. The van der Waals surface area contributed by atoms with Gasteiger partial charge >= 0.3 is 6.18 Å². The number of benzene rings is 1. The quantitative estimate of drug-likeness (QED) is 0.758. The smallest absolute Gasteiger partial charge is 0.253 e. The maximum atomic E-state index is 12.8. The first-order chi connectivity index (χ1) is 7.89. The molecule has 17 heavy (non-hydrogen) atoms. The molecule has 0 aliphatic heterocycles. The van der Waals surface area contributed by atoms with Gasteiger partial charge in [-0.1, -0.05) is 19.9 Å². The molecule has 1 heterocycles. The normalized spacial score (nSPS) is 12.4. The van der Waals surface area contributed by atoms with Crippen LogP contribution in [0.25, 0.3) is 11.0 Å². The third-order valence-electron chi connectivity index (χ3n) is 2.49. The zero-order valence-corrected chi connectivity index (χ0v) is 9.42. The Bertz CT molecular complexity index is 547. The number of hydrogen-bond donors (Lipinski definition) is 0. The van der Waals surface area contributed by atoms with Gasteiger partial charge in [0.2, 0.25) is 0 Å². The van der Waals surface area contributed by atoms with Crippen molar-refractivity contribution in [1.82, 2.24) is 9.97 Å². The van der Waals surface area contributed by atoms with Crippen LogP contribution in [0.5, 0.6) is 0 Å². The van der Waals surface area contributed by atoms with Crippen LogP contribution in [-0.2, 0) is 6.18 Å². The fourth-order valence-corrected chi connectivity index (χ4v) is 1.55. The Kier molecular flexibility index (Phi) is 2.77. The maximum absolute atomic E-state index is 12.8. The van der Waals surface area contributed by atoms with E-state index >= 15 is 0 Å². The molecule has 1 aromatic heterocycles. The van der Waals surface area contributed by atoms with Crippen molar-refractivity contribution in [2.24, 2.45) is 0 Å². The van der Waals surface area contributed by atoms with E-state index < -0.39 is 11.7 Å². The highest BCUT2D eigenvalue weighted by Crippen LogP contribution is 2.33. The summed E-state index contributed by atoms with van der Waals surface area (Å²) in [6, 6.07) is 3.90. The molecule has 0 bridgehead atoms. The molecule has 1 aromatic carbocycles. The lowest BCUT2D eigenvalue weighted by molar-refractivity contribution is -0.136. The Balaban J connectivity index is 2.73. The highest BCUT2D eigenvalue weighted by Gasteiger charge is 2.33. The van der Waals surface area contributed by atoms with E-state index in [4.69, 9.17) is 0 Å². The van der Waals surface area contributed by atoms with Gasteiger partial charge in [0.25, 0.3) is 0 Å². The van der Waals surface area contributed by atoms with Crippen molar-refractivity contribution in [2.45, 2.75) is 25.9 Å². The van der Waals surface area contributed by atoms with Crippen LogP contribution in [0.15, 0.2) is 24.4 Å². The summed E-state index contributed by atoms with van der Waals surface area (Å²) in [4.78, 5) is 8.07. The van der Waals surface area contributed by atoms with Crippen molar-refractivity contribution < 1.29 is 13.2 Å². The summed E-state index contributed by atoms with van der Waals surface area (Å²) in [6.07, 6.45) is -2.88. The molecule has 2 nitrogen and oxygen atoms in total. The lowest BCUT2D eigenvalue weighted by atomic mass is 10.1. The van der Waals surface area contributed by atoms with Gasteiger partial charge in [-0.15, -0.1) is 0 Å². The van der Waals surface area contributed by atoms with Gasteiger partial charge in [-0.05, 0) is 18.1 Å². The number of hydrogen-bond acceptors (Lipinski definition) is 2. The van der Waals surface area contributed by atoms with Crippen LogP contribution < -0.4 is 0 Å². The Hall–Kier alpha value is -1.65. The van der Waals surface area contributed by atoms with Crippen molar-refractivity contribution in [2.75, 3.05) is 0 Å². The summed E-state index contributed by atoms with van der Waals surface area (Å²) >= 11 is 0. The zero-order valence-electron chi connectivity index (χ0n) is 9.42. The van der Waals surface area contributed by atoms with E-state index in [1.54, 1.807) is 0 Å². The Morgan fingerprint density at radius 1 is 1.18 bits per heavy atom. The minimum Gasteiger partial charge on any atom is -0.253 e. The fraction of sp³-hybridized carbons (Fsp3) is 0.333. The second-order valence-corrected chi connectivity index (χ2v) is 4.12. The monoisotopic (exact) mass is 240 g/mol. The van der Waals surface area contributed by atoms with E-state index in [1.165, 1.54) is 18.3 Å². The first-order valence-corrected chi connectivity index (χ1v) is 5.22. The Morgan fingerprint density at radius 3 is 2.47 bits per heavy atom. The van der Waals surface area contributed by atoms with Gasteiger partial charge in [-0.25, -0.2) is 4.98 Å². The van der Waals surface area contributed by atoms with Gasteiger partial charge in [0.15, 0.2) is 0 Å². The number of halogens is 3. The topological polar surface area (TPSA) is 25.8 Å². The molecule has 2 aromatic rings. The maximum Gasteiger partial charge on any atom is 0.418 e. The molecule has 0 saturated heterocycles. The molecule has 0 fully saturated rings. The minimum absolute atomic E-state index is 0.0492. The minimum atomic E-state index is -4.40. The number of rotatable bonds is 1. The molecule has 2 rings (SSSR count). The van der Waals surface area contributed by atoms with E-state index in [0.29, 0.717) is 5.69 Å². The number of fused-ring (bicyclic) bond motifs is 1. The Labute approximate surface area is 96.5 Å². The largest absolute Gasteiger partial charge is 0.418 e. The molecule has 0 N–H and O–H groups in total. The second-order valence-electron chi connectivity index (χ2n) is 4.12. The summed E-state index contributed by atoms with van der Waals surface area (Å²) in [5, 5.41) is 0. The van der Waals surface area contributed by atoms with Crippen molar-refractivity contribution in [1.29, 1.82) is 0 Å². The van der Waals surface area contributed by atoms with Crippen LogP contribution in [0.1, 0.15) is 31.0 Å². The lowest BCUT2D eigenvalue weighted by Gasteiger charge is -2.11. The summed E-state index contributed by atoms with van der Waals surface area (Å²) in [5.41, 5.74) is 0.0228. The summed E-state index contributed by atoms with van der Waals surface area (Å²) in [5.74, 6) is 0.0492. The van der Waals surface area contributed by atoms with Gasteiger partial charge in [-0.3, -0.25) is 4.98 Å². The average molecular weight is 240 g/mol. The highest BCUT2D eigenvalue weighted by atomic mass is 19.4. The van der Waals surface area contributed by atoms with Gasteiger partial charge in [0, 0.05) is 6.20 Å². The summed E-state index contributed by atoms with van der Waals surface area (Å²) in [7, 11) is 0. The first-order valence-electron chi connectivity index (χ1n) is 5.22. The molecular weight excluding hydrogens is 229 g/mol. The SMILES string of the molecule is CC(C)c1cnc2cccc(C(F)(F)F)c2n1. The van der Waals surface area contributed by atoms with Gasteiger partial charge in [0.05, 0.1) is 16.8 Å². The molecule has 0 radical (unpaired) electrons. The molecule has 5 heteroatoms. The Morgan fingerprint density at radius 2 is 1.88 bits per heavy atom. The molecular formula is C12H11F3N2. The highest BCUT2D eigenvalue weighted by molar-refractivity contribution is 5.78. The molecule has 0 aliphatic carbocycles. The van der Waals surface area contributed by atoms with E-state index in [9.17, 15) is 13.2 Å².